The first kappa shape index (κ1) is 44.1. The lowest BCUT2D eigenvalue weighted by molar-refractivity contribution is 0.296. The minimum Gasteiger partial charge on any atom is -0.497 e. The molecule has 4 aromatic carbocycles. The van der Waals surface area contributed by atoms with Crippen molar-refractivity contribution in [3.8, 4) is 23.0 Å². The van der Waals surface area contributed by atoms with Gasteiger partial charge in [0.05, 0.1) is 31.8 Å². The van der Waals surface area contributed by atoms with E-state index in [-0.39, 0.29) is 32.8 Å². The number of hydrogen-bond donors (Lipinski definition) is 0. The zero-order chi connectivity index (χ0) is 40.7. The van der Waals surface area contributed by atoms with Crippen molar-refractivity contribution in [3.63, 3.8) is 0 Å². The molecule has 12 heteroatoms. The molecule has 0 bridgehead atoms. The summed E-state index contributed by atoms with van der Waals surface area (Å²) in [6.07, 6.45) is 5.62. The highest BCUT2D eigenvalue weighted by atomic mass is 32.2. The van der Waals surface area contributed by atoms with Gasteiger partial charge in [-0.1, -0.05) is 54.6 Å². The van der Waals surface area contributed by atoms with Crippen molar-refractivity contribution in [1.82, 2.24) is 8.61 Å². The molecule has 0 N–H and O–H groups in total. The molecule has 10 nitrogen and oxygen atoms in total. The van der Waals surface area contributed by atoms with Crippen LogP contribution < -0.4 is 18.9 Å². The van der Waals surface area contributed by atoms with Gasteiger partial charge in [-0.05, 0) is 110 Å². The highest BCUT2D eigenvalue weighted by molar-refractivity contribution is 7.89. The summed E-state index contributed by atoms with van der Waals surface area (Å²) in [6.45, 7) is 11.9. The molecular weight excluding hydrogens is 749 g/mol. The van der Waals surface area contributed by atoms with Crippen molar-refractivity contribution >= 4 is 20.0 Å². The standard InChI is InChI=1S/C44H56N2O8S2/c1-8-10-12-34(3)55(47,48)45(29-36-14-21-41(51-5)22-15-36)30-38-18-25-43(26-19-38)54-33-40-28-39(20-27-44(40)53-7)32-46(56(49,50)35(4)13-11-9-2)31-37-16-23-42(52-6)24-17-37/h8-9,14-28,34-35H,1-2,10-13,29-33H2,3-7H3/t34-,35+/m1/s1. The molecule has 0 fully saturated rings. The Morgan fingerprint density at radius 1 is 0.554 bits per heavy atom. The van der Waals surface area contributed by atoms with E-state index in [0.717, 1.165) is 27.8 Å². The molecule has 0 radical (unpaired) electrons. The number of methoxy groups -OCH3 is 3. The van der Waals surface area contributed by atoms with Crippen LogP contribution >= 0.6 is 0 Å². The summed E-state index contributed by atoms with van der Waals surface area (Å²) in [4.78, 5) is 0. The van der Waals surface area contributed by atoms with E-state index in [9.17, 15) is 16.8 Å². The van der Waals surface area contributed by atoms with Crippen LogP contribution in [-0.2, 0) is 52.8 Å². The molecule has 0 heterocycles. The summed E-state index contributed by atoms with van der Waals surface area (Å²) in [5.41, 5.74) is 4.04. The Morgan fingerprint density at radius 3 is 1.30 bits per heavy atom. The van der Waals surface area contributed by atoms with Crippen LogP contribution in [0.5, 0.6) is 23.0 Å². The maximum absolute atomic E-state index is 13.9. The normalized spacial score (nSPS) is 12.9. The molecule has 0 spiro atoms. The lowest BCUT2D eigenvalue weighted by atomic mass is 10.1. The molecule has 0 aliphatic rings. The fourth-order valence-corrected chi connectivity index (χ4v) is 9.36. The first-order chi connectivity index (χ1) is 26.8. The van der Waals surface area contributed by atoms with E-state index in [1.807, 2.05) is 91.0 Å². The molecule has 0 aromatic heterocycles. The Bertz CT molecular complexity index is 2070. The van der Waals surface area contributed by atoms with E-state index in [4.69, 9.17) is 18.9 Å². The summed E-state index contributed by atoms with van der Waals surface area (Å²) in [5, 5.41) is -1.18. The van der Waals surface area contributed by atoms with Crippen LogP contribution in [-0.4, -0.2) is 57.3 Å². The van der Waals surface area contributed by atoms with Gasteiger partial charge < -0.3 is 18.9 Å². The molecule has 0 aliphatic heterocycles. The highest BCUT2D eigenvalue weighted by Gasteiger charge is 2.30. The van der Waals surface area contributed by atoms with Gasteiger partial charge in [0.2, 0.25) is 20.0 Å². The number of hydrogen-bond acceptors (Lipinski definition) is 8. The lowest BCUT2D eigenvalue weighted by Gasteiger charge is -2.26. The third-order valence-electron chi connectivity index (χ3n) is 9.71. The summed E-state index contributed by atoms with van der Waals surface area (Å²) < 4.78 is 80.8. The van der Waals surface area contributed by atoms with Gasteiger partial charge in [0.25, 0.3) is 0 Å². The first-order valence-electron chi connectivity index (χ1n) is 18.7. The van der Waals surface area contributed by atoms with E-state index >= 15 is 0 Å². The van der Waals surface area contributed by atoms with Gasteiger partial charge in [0, 0.05) is 31.7 Å². The molecule has 0 aliphatic carbocycles. The number of sulfonamides is 2. The van der Waals surface area contributed by atoms with Gasteiger partial charge in [-0.3, -0.25) is 0 Å². The molecule has 0 amide bonds. The quantitative estimate of drug-likeness (QED) is 0.0648. The highest BCUT2D eigenvalue weighted by Crippen LogP contribution is 2.28. The van der Waals surface area contributed by atoms with Crippen molar-refractivity contribution in [3.05, 3.63) is 144 Å². The summed E-state index contributed by atoms with van der Waals surface area (Å²) in [5.74, 6) is 2.59. The Morgan fingerprint density at radius 2 is 0.929 bits per heavy atom. The fraction of sp³-hybridized carbons (Fsp3) is 0.364. The first-order valence-corrected chi connectivity index (χ1v) is 21.7. The maximum Gasteiger partial charge on any atom is 0.217 e. The van der Waals surface area contributed by atoms with Crippen molar-refractivity contribution in [2.24, 2.45) is 0 Å². The third kappa shape index (κ3) is 12.2. The molecular formula is C44H56N2O8S2. The Labute approximate surface area is 334 Å². The molecule has 4 rings (SSSR count). The monoisotopic (exact) mass is 804 g/mol. The topological polar surface area (TPSA) is 112 Å². The van der Waals surface area contributed by atoms with Crippen LogP contribution in [0.25, 0.3) is 0 Å². The number of allylic oxidation sites excluding steroid dienone is 2. The Hall–Kier alpha value is -4.62. The van der Waals surface area contributed by atoms with Gasteiger partial charge in [0.15, 0.2) is 0 Å². The van der Waals surface area contributed by atoms with Gasteiger partial charge in [0.1, 0.15) is 29.6 Å². The number of benzene rings is 4. The van der Waals surface area contributed by atoms with E-state index in [1.165, 1.54) is 8.61 Å². The van der Waals surface area contributed by atoms with Gasteiger partial charge >= 0.3 is 0 Å². The van der Waals surface area contributed by atoms with Crippen LogP contribution in [0.2, 0.25) is 0 Å². The smallest absolute Gasteiger partial charge is 0.217 e. The van der Waals surface area contributed by atoms with Crippen molar-refractivity contribution in [2.75, 3.05) is 21.3 Å². The molecule has 56 heavy (non-hydrogen) atoms. The minimum absolute atomic E-state index is 0.153. The van der Waals surface area contributed by atoms with Crippen LogP contribution in [0.1, 0.15) is 67.3 Å². The second-order valence-corrected chi connectivity index (χ2v) is 18.5. The molecule has 0 saturated carbocycles. The Kier molecular flexibility index (Phi) is 16.6. The van der Waals surface area contributed by atoms with E-state index in [1.54, 1.807) is 47.3 Å². The van der Waals surface area contributed by atoms with Crippen LogP contribution in [0, 0.1) is 0 Å². The van der Waals surface area contributed by atoms with E-state index in [2.05, 4.69) is 13.2 Å². The second-order valence-electron chi connectivity index (χ2n) is 13.8. The number of nitrogens with zero attached hydrogens (tertiary/aromatic N) is 2. The Balaban J connectivity index is 1.52. The van der Waals surface area contributed by atoms with Gasteiger partial charge in [-0.15, -0.1) is 13.2 Å². The van der Waals surface area contributed by atoms with Crippen molar-refractivity contribution in [1.29, 1.82) is 0 Å². The predicted octanol–water partition coefficient (Wildman–Crippen LogP) is 8.66. The van der Waals surface area contributed by atoms with Crippen LogP contribution in [0.4, 0.5) is 0 Å². The third-order valence-corrected chi connectivity index (χ3v) is 14.2. The van der Waals surface area contributed by atoms with E-state index < -0.39 is 30.5 Å². The second kappa shape index (κ2) is 21.1. The molecule has 4 aromatic rings. The SMILES string of the molecule is C=CCC[C@@H](C)S(=O)(=O)N(Cc1ccc(OC)cc1)Cc1ccc(OCc2cc(CN(Cc3ccc(OC)cc3)S(=O)(=O)[C@@H](C)CCC=C)ccc2OC)cc1. The van der Waals surface area contributed by atoms with Gasteiger partial charge in [-0.2, -0.15) is 8.61 Å². The molecule has 0 saturated heterocycles. The minimum atomic E-state index is -3.68. The summed E-state index contributed by atoms with van der Waals surface area (Å²) in [6, 6.07) is 27.7. The summed E-state index contributed by atoms with van der Waals surface area (Å²) >= 11 is 0. The number of ether oxygens (including phenoxy) is 4. The van der Waals surface area contributed by atoms with Crippen LogP contribution in [0.3, 0.4) is 0 Å². The average Bonchev–Trinajstić information content (AvgIpc) is 3.21. The molecule has 302 valence electrons. The molecule has 2 atom stereocenters. The lowest BCUT2D eigenvalue weighted by Crippen LogP contribution is -2.36. The van der Waals surface area contributed by atoms with Crippen molar-refractivity contribution < 1.29 is 35.8 Å². The van der Waals surface area contributed by atoms with Crippen LogP contribution in [0.15, 0.2) is 116 Å². The predicted molar refractivity (Wildman–Crippen MR) is 224 cm³/mol. The fourth-order valence-electron chi connectivity index (χ4n) is 6.16. The average molecular weight is 805 g/mol. The molecule has 0 unspecified atom stereocenters. The maximum atomic E-state index is 13.9. The zero-order valence-corrected chi connectivity index (χ0v) is 34.9. The zero-order valence-electron chi connectivity index (χ0n) is 33.2. The summed E-state index contributed by atoms with van der Waals surface area (Å²) in [7, 11) is -2.55. The van der Waals surface area contributed by atoms with E-state index in [0.29, 0.717) is 48.7 Å². The van der Waals surface area contributed by atoms with Gasteiger partial charge in [-0.25, -0.2) is 16.8 Å². The van der Waals surface area contributed by atoms with Crippen molar-refractivity contribution in [2.45, 2.75) is 82.8 Å². The largest absolute Gasteiger partial charge is 0.497 e. The number of rotatable bonds is 24.